The van der Waals surface area contributed by atoms with Gasteiger partial charge in [0, 0.05) is 37.5 Å². The van der Waals surface area contributed by atoms with E-state index < -0.39 is 0 Å². The van der Waals surface area contributed by atoms with E-state index in [1.54, 1.807) is 4.90 Å². The van der Waals surface area contributed by atoms with Gasteiger partial charge >= 0.3 is 0 Å². The van der Waals surface area contributed by atoms with E-state index in [4.69, 9.17) is 10.5 Å². The Kier molecular flexibility index (Phi) is 10.0. The summed E-state index contributed by atoms with van der Waals surface area (Å²) in [6, 6.07) is 0. The first-order valence-corrected chi connectivity index (χ1v) is 12.0. The van der Waals surface area contributed by atoms with Crippen molar-refractivity contribution in [2.24, 2.45) is 16.6 Å². The first-order chi connectivity index (χ1) is 14.8. The van der Waals surface area contributed by atoms with Gasteiger partial charge in [0.1, 0.15) is 12.2 Å². The molecule has 2 aliphatic rings. The number of nitrogens with two attached hydrogens (primary N) is 1. The lowest BCUT2D eigenvalue weighted by molar-refractivity contribution is -0.139. The first kappa shape index (κ1) is 25.4. The number of morpholine rings is 1. The zero-order valence-corrected chi connectivity index (χ0v) is 20.2. The first-order valence-electron chi connectivity index (χ1n) is 12.0. The Morgan fingerprint density at radius 2 is 1.87 bits per heavy atom. The van der Waals surface area contributed by atoms with Crippen LogP contribution in [0.3, 0.4) is 0 Å². The molecule has 0 aromatic rings. The van der Waals surface area contributed by atoms with Crippen LogP contribution >= 0.6 is 0 Å². The maximum atomic E-state index is 13.0. The highest BCUT2D eigenvalue weighted by molar-refractivity contribution is 6.09. The maximum Gasteiger partial charge on any atom is 0.270 e. The SMILES string of the molecule is CCCN(CCC(C)CC)C(=O)CN=C1CCC/C1=C(/N)C(=O)N1C[C@@H](C)O[C@@H](C)C1. The Morgan fingerprint density at radius 1 is 1.19 bits per heavy atom. The monoisotopic (exact) mass is 434 g/mol. The molecule has 2 rings (SSSR count). The van der Waals surface area contributed by atoms with Crippen molar-refractivity contribution in [1.29, 1.82) is 0 Å². The number of hydrogen-bond acceptors (Lipinski definition) is 5. The second-order valence-electron chi connectivity index (χ2n) is 9.16. The molecule has 1 saturated heterocycles. The number of allylic oxidation sites excluding steroid dienone is 1. The van der Waals surface area contributed by atoms with Gasteiger partial charge in [-0.25, -0.2) is 0 Å². The molecule has 7 nitrogen and oxygen atoms in total. The topological polar surface area (TPSA) is 88.2 Å². The number of nitrogens with zero attached hydrogens (tertiary/aromatic N) is 3. The van der Waals surface area contributed by atoms with E-state index in [1.165, 1.54) is 0 Å². The third kappa shape index (κ3) is 7.34. The maximum absolute atomic E-state index is 13.0. The Morgan fingerprint density at radius 3 is 2.48 bits per heavy atom. The summed E-state index contributed by atoms with van der Waals surface area (Å²) in [4.78, 5) is 34.1. The van der Waals surface area contributed by atoms with Gasteiger partial charge in [-0.2, -0.15) is 0 Å². The minimum absolute atomic E-state index is 0.000174. The zero-order valence-electron chi connectivity index (χ0n) is 20.2. The van der Waals surface area contributed by atoms with E-state index in [9.17, 15) is 9.59 Å². The van der Waals surface area contributed by atoms with Crippen LogP contribution in [-0.4, -0.2) is 72.3 Å². The van der Waals surface area contributed by atoms with Crippen molar-refractivity contribution in [3.8, 4) is 0 Å². The highest BCUT2D eigenvalue weighted by Crippen LogP contribution is 2.25. The largest absolute Gasteiger partial charge is 0.394 e. The van der Waals surface area contributed by atoms with Crippen LogP contribution in [0.2, 0.25) is 0 Å². The number of carbonyl (C=O) groups is 2. The van der Waals surface area contributed by atoms with Crippen LogP contribution in [0.1, 0.15) is 73.1 Å². The lowest BCUT2D eigenvalue weighted by Crippen LogP contribution is -2.49. The fourth-order valence-corrected chi connectivity index (χ4v) is 4.31. The smallest absolute Gasteiger partial charge is 0.270 e. The molecule has 1 heterocycles. The summed E-state index contributed by atoms with van der Waals surface area (Å²) >= 11 is 0. The molecule has 0 radical (unpaired) electrons. The molecule has 0 aromatic heterocycles. The van der Waals surface area contributed by atoms with Crippen LogP contribution in [0, 0.1) is 5.92 Å². The minimum Gasteiger partial charge on any atom is -0.394 e. The van der Waals surface area contributed by atoms with Gasteiger partial charge in [0.25, 0.3) is 5.91 Å². The molecule has 7 heteroatoms. The van der Waals surface area contributed by atoms with E-state index in [0.29, 0.717) is 19.0 Å². The van der Waals surface area contributed by atoms with Crippen LogP contribution in [0.5, 0.6) is 0 Å². The summed E-state index contributed by atoms with van der Waals surface area (Å²) in [7, 11) is 0. The van der Waals surface area contributed by atoms with E-state index in [0.717, 1.165) is 62.9 Å². The summed E-state index contributed by atoms with van der Waals surface area (Å²) < 4.78 is 5.73. The van der Waals surface area contributed by atoms with Crippen LogP contribution in [0.15, 0.2) is 16.3 Å². The molecule has 0 bridgehead atoms. The van der Waals surface area contributed by atoms with E-state index in [2.05, 4.69) is 25.8 Å². The number of aliphatic imine (C=N–C) groups is 1. The van der Waals surface area contributed by atoms with Crippen molar-refractivity contribution in [3.05, 3.63) is 11.3 Å². The average molecular weight is 435 g/mol. The van der Waals surface area contributed by atoms with Gasteiger partial charge in [-0.05, 0) is 51.9 Å². The van der Waals surface area contributed by atoms with E-state index in [1.807, 2.05) is 18.7 Å². The fraction of sp³-hybridized carbons (Fsp3) is 0.792. The lowest BCUT2D eigenvalue weighted by atomic mass is 10.1. The van der Waals surface area contributed by atoms with Crippen LogP contribution in [0.25, 0.3) is 0 Å². The molecule has 2 N–H and O–H groups in total. The standard InChI is InChI=1S/C24H42N4O3/c1-6-12-27(13-11-17(3)7-2)22(29)14-26-21-10-8-9-20(21)23(25)24(30)28-15-18(4)31-19(5)16-28/h17-19H,6-16,25H2,1-5H3/b23-20-,26-21?/t17?,18-,19+. The molecule has 1 unspecified atom stereocenters. The summed E-state index contributed by atoms with van der Waals surface area (Å²) in [6.45, 7) is 13.2. The molecular weight excluding hydrogens is 392 g/mol. The molecule has 1 saturated carbocycles. The van der Waals surface area contributed by atoms with Gasteiger partial charge in [0.15, 0.2) is 0 Å². The van der Waals surface area contributed by atoms with Gasteiger partial charge in [-0.1, -0.05) is 27.2 Å². The van der Waals surface area contributed by atoms with Gasteiger partial charge in [-0.15, -0.1) is 0 Å². The van der Waals surface area contributed by atoms with Gasteiger partial charge < -0.3 is 20.3 Å². The van der Waals surface area contributed by atoms with Crippen molar-refractivity contribution in [3.63, 3.8) is 0 Å². The van der Waals surface area contributed by atoms with Crippen LogP contribution in [0.4, 0.5) is 0 Å². The summed E-state index contributed by atoms with van der Waals surface area (Å²) in [5, 5.41) is 0. The summed E-state index contributed by atoms with van der Waals surface area (Å²) in [6.07, 6.45) is 5.50. The molecule has 0 spiro atoms. The highest BCUT2D eigenvalue weighted by Gasteiger charge is 2.30. The summed E-state index contributed by atoms with van der Waals surface area (Å²) in [5.41, 5.74) is 8.25. The van der Waals surface area contributed by atoms with Gasteiger partial charge in [-0.3, -0.25) is 14.6 Å². The lowest BCUT2D eigenvalue weighted by Gasteiger charge is -2.35. The second-order valence-corrected chi connectivity index (χ2v) is 9.16. The van der Waals surface area contributed by atoms with Crippen molar-refractivity contribution in [1.82, 2.24) is 9.80 Å². The number of hydrogen-bond donors (Lipinski definition) is 1. The number of amides is 2. The number of carbonyl (C=O) groups excluding carboxylic acids is 2. The van der Waals surface area contributed by atoms with E-state index in [-0.39, 0.29) is 36.3 Å². The zero-order chi connectivity index (χ0) is 23.0. The minimum atomic E-state index is -0.140. The van der Waals surface area contributed by atoms with Crippen molar-refractivity contribution in [2.75, 3.05) is 32.7 Å². The summed E-state index contributed by atoms with van der Waals surface area (Å²) in [5.74, 6) is 0.531. The number of ether oxygens (including phenoxy) is 1. The Bertz CT molecular complexity index is 678. The van der Waals surface area contributed by atoms with Crippen molar-refractivity contribution in [2.45, 2.75) is 85.4 Å². The van der Waals surface area contributed by atoms with Crippen molar-refractivity contribution >= 4 is 17.5 Å². The van der Waals surface area contributed by atoms with Crippen molar-refractivity contribution < 1.29 is 14.3 Å². The van der Waals surface area contributed by atoms with Crippen LogP contribution < -0.4 is 5.73 Å². The molecule has 2 fully saturated rings. The third-order valence-corrected chi connectivity index (χ3v) is 6.29. The van der Waals surface area contributed by atoms with Crippen LogP contribution in [-0.2, 0) is 14.3 Å². The molecule has 31 heavy (non-hydrogen) atoms. The number of rotatable bonds is 9. The third-order valence-electron chi connectivity index (χ3n) is 6.29. The molecule has 1 aliphatic carbocycles. The molecule has 1 aliphatic heterocycles. The Hall–Kier alpha value is -1.89. The predicted molar refractivity (Wildman–Crippen MR) is 125 cm³/mol. The molecule has 3 atom stereocenters. The molecule has 2 amide bonds. The molecule has 176 valence electrons. The Balaban J connectivity index is 2.06. The highest BCUT2D eigenvalue weighted by atomic mass is 16.5. The quantitative estimate of drug-likeness (QED) is 0.565. The molecule has 0 aromatic carbocycles. The molecular formula is C24H42N4O3. The van der Waals surface area contributed by atoms with Gasteiger partial charge in [0.2, 0.25) is 5.91 Å². The normalized spacial score (nSPS) is 25.6. The predicted octanol–water partition coefficient (Wildman–Crippen LogP) is 3.13. The Labute approximate surface area is 188 Å². The average Bonchev–Trinajstić information content (AvgIpc) is 3.21. The fourth-order valence-electron chi connectivity index (χ4n) is 4.31. The van der Waals surface area contributed by atoms with E-state index >= 15 is 0 Å². The second kappa shape index (κ2) is 12.2. The van der Waals surface area contributed by atoms with Gasteiger partial charge in [0.05, 0.1) is 12.2 Å².